The van der Waals surface area contributed by atoms with Crippen LogP contribution in [0, 0.1) is 0 Å². The highest BCUT2D eigenvalue weighted by molar-refractivity contribution is 5.94. The van der Waals surface area contributed by atoms with E-state index in [9.17, 15) is 0 Å². The minimum absolute atomic E-state index is 0.467. The Hall–Kier alpha value is -7.74. The van der Waals surface area contributed by atoms with Crippen LogP contribution in [0.1, 0.15) is 44.5 Å². The fourth-order valence-electron chi connectivity index (χ4n) is 10.9. The van der Waals surface area contributed by atoms with Gasteiger partial charge in [0, 0.05) is 17.1 Å². The van der Waals surface area contributed by atoms with Gasteiger partial charge in [-0.2, -0.15) is 0 Å². The predicted octanol–water partition coefficient (Wildman–Crippen LogP) is 15.0. The van der Waals surface area contributed by atoms with E-state index >= 15 is 0 Å². The van der Waals surface area contributed by atoms with Gasteiger partial charge in [-0.05, 0) is 114 Å². The highest BCUT2D eigenvalue weighted by Crippen LogP contribution is 2.59. The van der Waals surface area contributed by atoms with E-state index in [2.05, 4.69) is 254 Å². The molecule has 0 amide bonds. The molecule has 0 aliphatic heterocycles. The molecule has 0 bridgehead atoms. The van der Waals surface area contributed by atoms with Crippen molar-refractivity contribution >= 4 is 27.8 Å². The number of nitrogens with zero attached hydrogens (tertiary/aromatic N) is 1. The number of rotatable bonds is 7. The molecule has 10 aromatic carbocycles. The Balaban J connectivity index is 1.13. The van der Waals surface area contributed by atoms with Crippen molar-refractivity contribution < 1.29 is 0 Å². The van der Waals surface area contributed by atoms with Gasteiger partial charge in [0.05, 0.1) is 10.8 Å². The van der Waals surface area contributed by atoms with Gasteiger partial charge in [0.1, 0.15) is 0 Å². The van der Waals surface area contributed by atoms with Crippen LogP contribution < -0.4 is 4.90 Å². The average Bonchev–Trinajstić information content (AvgIpc) is 3.81. The van der Waals surface area contributed by atoms with Crippen molar-refractivity contribution in [3.63, 3.8) is 0 Å². The highest BCUT2D eigenvalue weighted by Gasteiger charge is 2.48. The second-order valence-corrected chi connectivity index (χ2v) is 16.4. The number of hydrogen-bond donors (Lipinski definition) is 0. The van der Waals surface area contributed by atoms with Crippen LogP contribution in [0.25, 0.3) is 33.0 Å². The Morgan fingerprint density at radius 2 is 0.607 bits per heavy atom. The molecule has 0 unspecified atom stereocenters. The van der Waals surface area contributed by atoms with Gasteiger partial charge in [0.25, 0.3) is 0 Å². The highest BCUT2D eigenvalue weighted by atomic mass is 15.1. The third-order valence-corrected chi connectivity index (χ3v) is 13.4. The average molecular weight is 776 g/mol. The van der Waals surface area contributed by atoms with Gasteiger partial charge in [-0.1, -0.05) is 212 Å². The molecular formula is C60H41N. The zero-order valence-corrected chi connectivity index (χ0v) is 33.6. The summed E-state index contributed by atoms with van der Waals surface area (Å²) < 4.78 is 0. The summed E-state index contributed by atoms with van der Waals surface area (Å²) in [6, 6.07) is 92.3. The maximum Gasteiger partial charge on any atom is 0.0714 e. The van der Waals surface area contributed by atoms with Crippen LogP contribution in [0.2, 0.25) is 0 Å². The zero-order chi connectivity index (χ0) is 40.4. The fraction of sp³-hybridized carbons (Fsp3) is 0.0333. The molecule has 286 valence electrons. The minimum atomic E-state index is -0.513. The molecule has 0 radical (unpaired) electrons. The van der Waals surface area contributed by atoms with Crippen LogP contribution in [-0.2, 0) is 10.8 Å². The second kappa shape index (κ2) is 13.9. The van der Waals surface area contributed by atoms with Crippen LogP contribution >= 0.6 is 0 Å². The Labute approximate surface area is 357 Å². The van der Waals surface area contributed by atoms with E-state index < -0.39 is 10.8 Å². The van der Waals surface area contributed by atoms with E-state index in [0.29, 0.717) is 0 Å². The lowest BCUT2D eigenvalue weighted by molar-refractivity contribution is 0.768. The topological polar surface area (TPSA) is 3.24 Å². The van der Waals surface area contributed by atoms with Crippen LogP contribution in [-0.4, -0.2) is 0 Å². The lowest BCUT2D eigenvalue weighted by Gasteiger charge is -2.35. The Bertz CT molecular complexity index is 3160. The third kappa shape index (κ3) is 5.14. The van der Waals surface area contributed by atoms with Crippen molar-refractivity contribution in [3.05, 3.63) is 293 Å². The van der Waals surface area contributed by atoms with Gasteiger partial charge < -0.3 is 4.90 Å². The van der Waals surface area contributed by atoms with Crippen LogP contribution in [0.5, 0.6) is 0 Å². The molecule has 0 saturated heterocycles. The summed E-state index contributed by atoms with van der Waals surface area (Å²) in [4.78, 5) is 2.48. The fourth-order valence-corrected chi connectivity index (χ4v) is 10.9. The van der Waals surface area contributed by atoms with E-state index in [1.807, 2.05) is 0 Å². The predicted molar refractivity (Wildman–Crippen MR) is 253 cm³/mol. The number of benzene rings is 10. The first-order valence-corrected chi connectivity index (χ1v) is 21.3. The Kier molecular flexibility index (Phi) is 8.05. The molecule has 1 nitrogen and oxygen atoms in total. The lowest BCUT2D eigenvalue weighted by atomic mass is 9.67. The van der Waals surface area contributed by atoms with Crippen LogP contribution in [0.4, 0.5) is 17.1 Å². The number of anilines is 3. The summed E-state index contributed by atoms with van der Waals surface area (Å²) in [6.45, 7) is 0. The number of hydrogen-bond acceptors (Lipinski definition) is 1. The lowest BCUT2D eigenvalue weighted by Crippen LogP contribution is -2.28. The molecule has 0 heterocycles. The van der Waals surface area contributed by atoms with E-state index in [4.69, 9.17) is 0 Å². The first kappa shape index (κ1) is 35.2. The molecule has 0 atom stereocenters. The molecule has 1 heteroatoms. The summed E-state index contributed by atoms with van der Waals surface area (Å²) in [5.41, 5.74) is 17.7. The molecule has 2 aliphatic rings. The molecule has 0 spiro atoms. The first-order chi connectivity index (χ1) is 30.3. The zero-order valence-electron chi connectivity index (χ0n) is 33.6. The van der Waals surface area contributed by atoms with E-state index in [0.717, 1.165) is 17.1 Å². The molecule has 61 heavy (non-hydrogen) atoms. The van der Waals surface area contributed by atoms with Crippen molar-refractivity contribution in [2.45, 2.75) is 10.8 Å². The van der Waals surface area contributed by atoms with Crippen molar-refractivity contribution in [1.29, 1.82) is 0 Å². The third-order valence-electron chi connectivity index (χ3n) is 13.4. The van der Waals surface area contributed by atoms with Gasteiger partial charge in [-0.25, -0.2) is 0 Å². The van der Waals surface area contributed by atoms with Gasteiger partial charge in [-0.3, -0.25) is 0 Å². The normalized spacial score (nSPS) is 13.8. The largest absolute Gasteiger partial charge is 0.310 e. The van der Waals surface area contributed by atoms with Gasteiger partial charge >= 0.3 is 0 Å². The molecule has 0 aromatic heterocycles. The molecular weight excluding hydrogens is 735 g/mol. The van der Waals surface area contributed by atoms with Crippen molar-refractivity contribution in [2.75, 3.05) is 4.90 Å². The van der Waals surface area contributed by atoms with E-state index in [1.54, 1.807) is 0 Å². The van der Waals surface area contributed by atoms with Gasteiger partial charge in [0.15, 0.2) is 0 Å². The molecule has 12 rings (SSSR count). The molecule has 0 saturated carbocycles. The Morgan fingerprint density at radius 1 is 0.230 bits per heavy atom. The summed E-state index contributed by atoms with van der Waals surface area (Å²) in [7, 11) is 0. The summed E-state index contributed by atoms with van der Waals surface area (Å²) >= 11 is 0. The van der Waals surface area contributed by atoms with Crippen molar-refractivity contribution in [2.24, 2.45) is 0 Å². The summed E-state index contributed by atoms with van der Waals surface area (Å²) in [5, 5.41) is 2.43. The maximum atomic E-state index is 2.48. The van der Waals surface area contributed by atoms with E-state index in [1.165, 1.54) is 77.5 Å². The summed E-state index contributed by atoms with van der Waals surface area (Å²) in [5.74, 6) is 0. The molecule has 0 fully saturated rings. The first-order valence-electron chi connectivity index (χ1n) is 21.3. The van der Waals surface area contributed by atoms with Crippen LogP contribution in [0.15, 0.2) is 249 Å². The van der Waals surface area contributed by atoms with E-state index in [-0.39, 0.29) is 0 Å². The monoisotopic (exact) mass is 775 g/mol. The van der Waals surface area contributed by atoms with Gasteiger partial charge in [-0.15, -0.1) is 0 Å². The van der Waals surface area contributed by atoms with Crippen LogP contribution in [0.3, 0.4) is 0 Å². The molecule has 0 N–H and O–H groups in total. The molecule has 2 aliphatic carbocycles. The SMILES string of the molecule is c1ccc(C2(c3ccccc3)c3ccccc3-c3cc(N(c4ccc5c(c4)C(c4ccccc4)(c4ccccc4)c4ccccc4-5)c4ccc5ccccc5c4)ccc32)cc1. The number of fused-ring (bicyclic) bond motifs is 7. The quantitative estimate of drug-likeness (QED) is 0.156. The second-order valence-electron chi connectivity index (χ2n) is 16.4. The smallest absolute Gasteiger partial charge is 0.0714 e. The van der Waals surface area contributed by atoms with Crippen molar-refractivity contribution in [3.8, 4) is 22.3 Å². The molecule has 10 aromatic rings. The standard InChI is InChI=1S/C60H41N/c1-5-21-44(22-6-1)59(45-23-7-2-8-24-45)56-32-18-16-30-52(56)54-40-49(36-38-57(54)59)61(48-34-33-42-19-13-14-20-43(42)39-48)50-35-37-53-51-29-15-17-31-55(51)60(58(53)41-50,46-25-9-3-10-26-46)47-27-11-4-12-28-47/h1-41H. The maximum absolute atomic E-state index is 2.48. The Morgan fingerprint density at radius 3 is 1.18 bits per heavy atom. The minimum Gasteiger partial charge on any atom is -0.310 e. The van der Waals surface area contributed by atoms with Gasteiger partial charge in [0.2, 0.25) is 0 Å². The van der Waals surface area contributed by atoms with Crippen molar-refractivity contribution in [1.82, 2.24) is 0 Å². The summed E-state index contributed by atoms with van der Waals surface area (Å²) in [6.07, 6.45) is 0.